The third-order valence-electron chi connectivity index (χ3n) is 12.1. The van der Waals surface area contributed by atoms with E-state index in [0.717, 1.165) is 44.9 Å². The molecular weight excluding hydrogens is 532 g/mol. The van der Waals surface area contributed by atoms with Crippen LogP contribution in [0.5, 0.6) is 0 Å². The maximum atomic E-state index is 12.6. The zero-order valence-corrected chi connectivity index (χ0v) is 26.0. The van der Waals surface area contributed by atoms with Crippen LogP contribution in [0.4, 0.5) is 0 Å². The van der Waals surface area contributed by atoms with Gasteiger partial charge in [0.15, 0.2) is 5.88 Å². The van der Waals surface area contributed by atoms with Crippen LogP contribution in [-0.4, -0.2) is 90.1 Å². The van der Waals surface area contributed by atoms with Crippen LogP contribution in [0, 0.1) is 46.3 Å². The number of fused-ring (bicyclic) bond motifs is 5. The average molecular weight is 587 g/mol. The van der Waals surface area contributed by atoms with Crippen molar-refractivity contribution in [1.82, 2.24) is 5.32 Å². The number of nitrogens with zero attached hydrogens (tertiary/aromatic N) is 1. The summed E-state index contributed by atoms with van der Waals surface area (Å²) in [5.41, 5.74) is -0.217. The number of carbonyl (C=O) groups is 1. The highest BCUT2D eigenvalue weighted by Crippen LogP contribution is 2.68. The Bertz CT molecular complexity index is 1020. The molecule has 0 saturated heterocycles. The summed E-state index contributed by atoms with van der Waals surface area (Å²) < 4.78 is 33.3. The standard InChI is InChI=1S/C30H54N2O7S/c1-19(7-10-27(36)31-13-6-14-32(4,5)18-40(37,38)39)22-8-9-23-28-24(17-26(35)30(22,23)3)29(2)12-11-21(33)15-20(29)16-25(28)34/h19-26,28,33-35H,6-18H2,1-5H3,(H-,31,36,37,38,39). The smallest absolute Gasteiger partial charge is 0.220 e. The van der Waals surface area contributed by atoms with E-state index in [4.69, 9.17) is 0 Å². The quantitative estimate of drug-likeness (QED) is 0.175. The van der Waals surface area contributed by atoms with E-state index in [1.165, 1.54) is 0 Å². The van der Waals surface area contributed by atoms with Gasteiger partial charge in [0.1, 0.15) is 10.1 Å². The molecule has 4 N–H and O–H groups in total. The van der Waals surface area contributed by atoms with E-state index >= 15 is 0 Å². The summed E-state index contributed by atoms with van der Waals surface area (Å²) in [5, 5.41) is 36.4. The van der Waals surface area contributed by atoms with Gasteiger partial charge in [-0.15, -0.1) is 0 Å². The summed E-state index contributed by atoms with van der Waals surface area (Å²) in [6.45, 7) is 7.70. The predicted molar refractivity (Wildman–Crippen MR) is 152 cm³/mol. The Morgan fingerprint density at radius 2 is 1.77 bits per heavy atom. The number of rotatable bonds is 10. The fourth-order valence-electron chi connectivity index (χ4n) is 10.0. The maximum absolute atomic E-state index is 12.6. The summed E-state index contributed by atoms with van der Waals surface area (Å²) in [6.07, 6.45) is 6.63. The van der Waals surface area contributed by atoms with E-state index in [0.29, 0.717) is 44.2 Å². The van der Waals surface area contributed by atoms with Crippen LogP contribution in [0.1, 0.15) is 85.0 Å². The number of amides is 1. The molecule has 1 amide bonds. The highest BCUT2D eigenvalue weighted by atomic mass is 32.2. The van der Waals surface area contributed by atoms with Crippen molar-refractivity contribution in [3.05, 3.63) is 0 Å². The lowest BCUT2D eigenvalue weighted by molar-refractivity contribution is -0.878. The van der Waals surface area contributed by atoms with Crippen LogP contribution in [0.15, 0.2) is 0 Å². The van der Waals surface area contributed by atoms with Crippen molar-refractivity contribution >= 4 is 16.0 Å². The Kier molecular flexibility index (Phi) is 9.42. The van der Waals surface area contributed by atoms with Crippen LogP contribution in [0.3, 0.4) is 0 Å². The Balaban J connectivity index is 1.32. The average Bonchev–Trinajstić information content (AvgIpc) is 3.19. The molecule has 4 aliphatic carbocycles. The zero-order valence-electron chi connectivity index (χ0n) is 25.2. The molecule has 232 valence electrons. The minimum atomic E-state index is -4.31. The summed E-state index contributed by atoms with van der Waals surface area (Å²) in [4.78, 5) is 12.6. The van der Waals surface area contributed by atoms with Gasteiger partial charge in [0.05, 0.1) is 39.0 Å². The largest absolute Gasteiger partial charge is 0.744 e. The van der Waals surface area contributed by atoms with Crippen molar-refractivity contribution in [2.45, 2.75) is 103 Å². The zero-order chi connectivity index (χ0) is 29.7. The first kappa shape index (κ1) is 32.1. The van der Waals surface area contributed by atoms with E-state index in [9.17, 15) is 33.1 Å². The minimum Gasteiger partial charge on any atom is -0.744 e. The maximum Gasteiger partial charge on any atom is 0.220 e. The fraction of sp³-hybridized carbons (Fsp3) is 0.967. The first-order valence-corrected chi connectivity index (χ1v) is 17.1. The molecule has 0 spiro atoms. The number of carbonyl (C=O) groups excluding carboxylic acids is 1. The second-order valence-electron chi connectivity index (χ2n) is 15.1. The highest BCUT2D eigenvalue weighted by molar-refractivity contribution is 7.85. The minimum absolute atomic E-state index is 0.0290. The van der Waals surface area contributed by atoms with E-state index in [-0.39, 0.29) is 57.1 Å². The van der Waals surface area contributed by atoms with Gasteiger partial charge in [-0.2, -0.15) is 0 Å². The Morgan fingerprint density at radius 1 is 1.07 bits per heavy atom. The number of hydrogen-bond donors (Lipinski definition) is 4. The molecule has 0 aromatic heterocycles. The molecule has 4 aliphatic rings. The molecule has 10 heteroatoms. The summed E-state index contributed by atoms with van der Waals surface area (Å²) in [6, 6.07) is 0. The van der Waals surface area contributed by atoms with Crippen molar-refractivity contribution in [1.29, 1.82) is 0 Å². The number of hydrogen-bond acceptors (Lipinski definition) is 7. The van der Waals surface area contributed by atoms with Crippen molar-refractivity contribution in [2.75, 3.05) is 33.1 Å². The predicted octanol–water partition coefficient (Wildman–Crippen LogP) is 2.45. The third kappa shape index (κ3) is 6.42. The van der Waals surface area contributed by atoms with Crippen molar-refractivity contribution in [3.8, 4) is 0 Å². The van der Waals surface area contributed by atoms with Gasteiger partial charge in [-0.3, -0.25) is 4.79 Å². The molecule has 0 heterocycles. The normalized spacial score (nSPS) is 42.4. The number of quaternary nitrogens is 1. The van der Waals surface area contributed by atoms with E-state index in [1.807, 2.05) is 0 Å². The van der Waals surface area contributed by atoms with Gasteiger partial charge >= 0.3 is 0 Å². The topological polar surface area (TPSA) is 147 Å². The molecule has 11 atom stereocenters. The molecular formula is C30H54N2O7S. The van der Waals surface area contributed by atoms with Gasteiger partial charge in [0, 0.05) is 19.4 Å². The van der Waals surface area contributed by atoms with E-state index in [1.54, 1.807) is 14.1 Å². The molecule has 4 rings (SSSR count). The monoisotopic (exact) mass is 586 g/mol. The molecule has 9 nitrogen and oxygen atoms in total. The highest BCUT2D eigenvalue weighted by Gasteiger charge is 2.65. The molecule has 0 radical (unpaired) electrons. The fourth-order valence-corrected chi connectivity index (χ4v) is 11.0. The number of aliphatic hydroxyl groups is 3. The van der Waals surface area contributed by atoms with Gasteiger partial charge in [-0.05, 0) is 97.7 Å². The Hall–Kier alpha value is -0.780. The van der Waals surface area contributed by atoms with Gasteiger partial charge in [0.2, 0.25) is 5.91 Å². The summed E-state index contributed by atoms with van der Waals surface area (Å²) in [7, 11) is -0.915. The van der Waals surface area contributed by atoms with Crippen molar-refractivity contribution < 1.29 is 37.6 Å². The molecule has 4 saturated carbocycles. The van der Waals surface area contributed by atoms with Crippen molar-refractivity contribution in [2.24, 2.45) is 46.3 Å². The van der Waals surface area contributed by atoms with Crippen LogP contribution in [0.2, 0.25) is 0 Å². The lowest BCUT2D eigenvalue weighted by Gasteiger charge is -2.63. The molecule has 0 bridgehead atoms. The van der Waals surface area contributed by atoms with Gasteiger partial charge in [-0.25, -0.2) is 8.42 Å². The number of aliphatic hydroxyl groups excluding tert-OH is 3. The van der Waals surface area contributed by atoms with Crippen LogP contribution in [-0.2, 0) is 14.9 Å². The first-order valence-electron chi connectivity index (χ1n) is 15.5. The SMILES string of the molecule is CC(CCC(=O)NCCC[N+](C)(C)CS(=O)(=O)[O-])C1CCC2C3C(O)CC4CC(O)CCC4(C)C3CC(O)C12C. The third-order valence-corrected chi connectivity index (χ3v) is 13.1. The van der Waals surface area contributed by atoms with Gasteiger partial charge in [0.25, 0.3) is 0 Å². The second-order valence-corrected chi connectivity index (χ2v) is 16.5. The lowest BCUT2D eigenvalue weighted by atomic mass is 9.43. The number of nitrogens with one attached hydrogen (secondary N) is 1. The Morgan fingerprint density at radius 3 is 2.45 bits per heavy atom. The van der Waals surface area contributed by atoms with Crippen LogP contribution in [0.25, 0.3) is 0 Å². The van der Waals surface area contributed by atoms with Crippen LogP contribution < -0.4 is 5.32 Å². The summed E-state index contributed by atoms with van der Waals surface area (Å²) >= 11 is 0. The molecule has 0 aromatic rings. The molecule has 0 aromatic carbocycles. The summed E-state index contributed by atoms with van der Waals surface area (Å²) in [5.74, 6) is 1.10. The molecule has 40 heavy (non-hydrogen) atoms. The van der Waals surface area contributed by atoms with Crippen LogP contribution >= 0.6 is 0 Å². The van der Waals surface area contributed by atoms with Crippen molar-refractivity contribution in [3.63, 3.8) is 0 Å². The van der Waals surface area contributed by atoms with E-state index < -0.39 is 22.1 Å². The second kappa shape index (κ2) is 11.7. The molecule has 4 fully saturated rings. The molecule has 11 unspecified atom stereocenters. The van der Waals surface area contributed by atoms with Gasteiger partial charge < -0.3 is 29.7 Å². The van der Waals surface area contributed by atoms with Gasteiger partial charge in [-0.1, -0.05) is 20.8 Å². The van der Waals surface area contributed by atoms with E-state index in [2.05, 4.69) is 26.1 Å². The first-order chi connectivity index (χ1) is 18.5. The molecule has 0 aliphatic heterocycles. The lowest BCUT2D eigenvalue weighted by Crippen LogP contribution is -2.62. The Labute approximate surface area is 241 Å².